The fourth-order valence-electron chi connectivity index (χ4n) is 2.36. The van der Waals surface area contributed by atoms with Gasteiger partial charge in [-0.15, -0.1) is 0 Å². The third-order valence-corrected chi connectivity index (χ3v) is 3.61. The number of benzene rings is 2. The lowest BCUT2D eigenvalue weighted by Crippen LogP contribution is -2.46. The van der Waals surface area contributed by atoms with Crippen molar-refractivity contribution in [2.24, 2.45) is 5.73 Å². The zero-order valence-electron chi connectivity index (χ0n) is 13.6. The summed E-state index contributed by atoms with van der Waals surface area (Å²) in [7, 11) is 0. The molecule has 0 spiro atoms. The van der Waals surface area contributed by atoms with Crippen molar-refractivity contribution in [1.82, 2.24) is 5.32 Å². The van der Waals surface area contributed by atoms with E-state index in [-0.39, 0.29) is 6.61 Å². The van der Waals surface area contributed by atoms with Crippen LogP contribution in [-0.2, 0) is 20.7 Å². The topological polar surface area (TPSA) is 81.4 Å². The third-order valence-electron chi connectivity index (χ3n) is 3.61. The maximum Gasteiger partial charge on any atom is 0.328 e. The zero-order valence-corrected chi connectivity index (χ0v) is 13.6. The van der Waals surface area contributed by atoms with Crippen LogP contribution in [-0.4, -0.2) is 24.5 Å². The molecule has 126 valence electrons. The van der Waals surface area contributed by atoms with Gasteiger partial charge in [0.05, 0.1) is 6.61 Å². The largest absolute Gasteiger partial charge is 0.464 e. The molecular formula is C19H22N2O3. The molecule has 2 aromatic rings. The number of esters is 1. The second-order valence-corrected chi connectivity index (χ2v) is 5.39. The minimum absolute atomic E-state index is 0.255. The Hall–Kier alpha value is -2.66. The Morgan fingerprint density at radius 2 is 1.62 bits per heavy atom. The smallest absolute Gasteiger partial charge is 0.328 e. The van der Waals surface area contributed by atoms with Crippen LogP contribution in [0, 0.1) is 0 Å². The Bertz CT molecular complexity index is 659. The van der Waals surface area contributed by atoms with E-state index in [0.717, 1.165) is 5.56 Å². The summed E-state index contributed by atoms with van der Waals surface area (Å²) in [6.45, 7) is 1.99. The second kappa shape index (κ2) is 8.84. The lowest BCUT2D eigenvalue weighted by molar-refractivity contribution is -0.147. The molecule has 2 atom stereocenters. The van der Waals surface area contributed by atoms with Crippen molar-refractivity contribution in [2.75, 3.05) is 6.61 Å². The van der Waals surface area contributed by atoms with Gasteiger partial charge in [0.1, 0.15) is 12.1 Å². The number of hydrogen-bond donors (Lipinski definition) is 2. The van der Waals surface area contributed by atoms with Crippen molar-refractivity contribution < 1.29 is 14.3 Å². The number of carbonyl (C=O) groups excluding carboxylic acids is 2. The predicted octanol–water partition coefficient (Wildman–Crippen LogP) is 1.98. The number of carbonyl (C=O) groups is 2. The summed E-state index contributed by atoms with van der Waals surface area (Å²) in [6, 6.07) is 16.9. The first-order chi connectivity index (χ1) is 11.6. The lowest BCUT2D eigenvalue weighted by Gasteiger charge is -2.20. The van der Waals surface area contributed by atoms with E-state index in [1.54, 1.807) is 19.1 Å². The van der Waals surface area contributed by atoms with Gasteiger partial charge in [0.2, 0.25) is 5.91 Å². The van der Waals surface area contributed by atoms with Crippen LogP contribution >= 0.6 is 0 Å². The van der Waals surface area contributed by atoms with Crippen LogP contribution < -0.4 is 11.1 Å². The first-order valence-electron chi connectivity index (χ1n) is 7.93. The molecule has 24 heavy (non-hydrogen) atoms. The SMILES string of the molecule is CCOC(=O)[C@H](Cc1ccccc1)NC(=O)[C@@H](N)c1ccccc1. The maximum absolute atomic E-state index is 12.4. The number of ether oxygens (including phenoxy) is 1. The zero-order chi connectivity index (χ0) is 17.4. The van der Waals surface area contributed by atoms with Gasteiger partial charge in [-0.1, -0.05) is 60.7 Å². The number of nitrogens with one attached hydrogen (secondary N) is 1. The van der Waals surface area contributed by atoms with E-state index in [2.05, 4.69) is 5.32 Å². The number of hydrogen-bond acceptors (Lipinski definition) is 4. The van der Waals surface area contributed by atoms with Crippen LogP contribution in [0.1, 0.15) is 24.1 Å². The summed E-state index contributed by atoms with van der Waals surface area (Å²) in [4.78, 5) is 24.6. The average Bonchev–Trinajstić information content (AvgIpc) is 2.62. The molecule has 1 amide bonds. The Labute approximate surface area is 141 Å². The minimum Gasteiger partial charge on any atom is -0.464 e. The van der Waals surface area contributed by atoms with Gasteiger partial charge in [-0.05, 0) is 18.1 Å². The van der Waals surface area contributed by atoms with Crippen molar-refractivity contribution in [3.8, 4) is 0 Å². The van der Waals surface area contributed by atoms with Crippen molar-refractivity contribution in [2.45, 2.75) is 25.4 Å². The highest BCUT2D eigenvalue weighted by Gasteiger charge is 2.25. The second-order valence-electron chi connectivity index (χ2n) is 5.39. The van der Waals surface area contributed by atoms with Crippen LogP contribution in [0.4, 0.5) is 0 Å². The van der Waals surface area contributed by atoms with Gasteiger partial charge >= 0.3 is 5.97 Å². The number of nitrogens with two attached hydrogens (primary N) is 1. The van der Waals surface area contributed by atoms with Gasteiger partial charge < -0.3 is 15.8 Å². The summed E-state index contributed by atoms with van der Waals surface area (Å²) < 4.78 is 5.07. The van der Waals surface area contributed by atoms with E-state index in [9.17, 15) is 9.59 Å². The molecule has 3 N–H and O–H groups in total. The standard InChI is InChI=1S/C19H22N2O3/c1-2-24-19(23)16(13-14-9-5-3-6-10-14)21-18(22)17(20)15-11-7-4-8-12-15/h3-12,16-17H,2,13,20H2,1H3,(H,21,22)/t16-,17-/m0/s1. The monoisotopic (exact) mass is 326 g/mol. The van der Waals surface area contributed by atoms with E-state index in [4.69, 9.17) is 10.5 Å². The highest BCUT2D eigenvalue weighted by Crippen LogP contribution is 2.11. The fourth-order valence-corrected chi connectivity index (χ4v) is 2.36. The molecule has 0 aromatic heterocycles. The molecule has 0 radical (unpaired) electrons. The molecule has 2 rings (SSSR count). The highest BCUT2D eigenvalue weighted by atomic mass is 16.5. The molecular weight excluding hydrogens is 304 g/mol. The predicted molar refractivity (Wildman–Crippen MR) is 92.1 cm³/mol. The van der Waals surface area contributed by atoms with E-state index in [1.807, 2.05) is 48.5 Å². The van der Waals surface area contributed by atoms with Gasteiger partial charge in [0, 0.05) is 6.42 Å². The molecule has 0 bridgehead atoms. The van der Waals surface area contributed by atoms with Crippen molar-refractivity contribution in [3.05, 3.63) is 71.8 Å². The average molecular weight is 326 g/mol. The summed E-state index contributed by atoms with van der Waals surface area (Å²) in [5.74, 6) is -0.870. The molecule has 0 aliphatic carbocycles. The molecule has 0 fully saturated rings. The molecule has 0 aliphatic heterocycles. The van der Waals surface area contributed by atoms with Crippen molar-refractivity contribution in [3.63, 3.8) is 0 Å². The molecule has 0 heterocycles. The van der Waals surface area contributed by atoms with Crippen LogP contribution in [0.2, 0.25) is 0 Å². The Kier molecular flexibility index (Phi) is 6.51. The third kappa shape index (κ3) is 4.93. The first-order valence-corrected chi connectivity index (χ1v) is 7.93. The summed E-state index contributed by atoms with van der Waals surface area (Å²) >= 11 is 0. The molecule has 0 aliphatic rings. The van der Waals surface area contributed by atoms with Crippen LogP contribution in [0.15, 0.2) is 60.7 Å². The maximum atomic E-state index is 12.4. The van der Waals surface area contributed by atoms with E-state index in [1.165, 1.54) is 0 Å². The lowest BCUT2D eigenvalue weighted by atomic mass is 10.0. The summed E-state index contributed by atoms with van der Waals surface area (Å²) in [6.07, 6.45) is 0.354. The molecule has 5 heteroatoms. The number of rotatable bonds is 7. The molecule has 5 nitrogen and oxygen atoms in total. The minimum atomic E-state index is -0.834. The summed E-state index contributed by atoms with van der Waals surface area (Å²) in [5.41, 5.74) is 7.62. The van der Waals surface area contributed by atoms with Crippen LogP contribution in [0.25, 0.3) is 0 Å². The van der Waals surface area contributed by atoms with E-state index < -0.39 is 24.0 Å². The molecule has 0 unspecified atom stereocenters. The van der Waals surface area contributed by atoms with Crippen molar-refractivity contribution >= 4 is 11.9 Å². The quantitative estimate of drug-likeness (QED) is 0.762. The Balaban J connectivity index is 2.09. The van der Waals surface area contributed by atoms with Crippen LogP contribution in [0.5, 0.6) is 0 Å². The van der Waals surface area contributed by atoms with E-state index >= 15 is 0 Å². The first kappa shape index (κ1) is 17.7. The molecule has 2 aromatic carbocycles. The van der Waals surface area contributed by atoms with Crippen LogP contribution in [0.3, 0.4) is 0 Å². The van der Waals surface area contributed by atoms with Gasteiger partial charge in [-0.3, -0.25) is 4.79 Å². The van der Waals surface area contributed by atoms with Gasteiger partial charge in [-0.2, -0.15) is 0 Å². The Morgan fingerprint density at radius 3 is 2.21 bits per heavy atom. The Morgan fingerprint density at radius 1 is 1.04 bits per heavy atom. The fraction of sp³-hybridized carbons (Fsp3) is 0.263. The molecule has 0 saturated carbocycles. The van der Waals surface area contributed by atoms with E-state index in [0.29, 0.717) is 12.0 Å². The highest BCUT2D eigenvalue weighted by molar-refractivity contribution is 5.88. The normalized spacial score (nSPS) is 12.9. The number of amides is 1. The van der Waals surface area contributed by atoms with Gasteiger partial charge in [-0.25, -0.2) is 4.79 Å². The van der Waals surface area contributed by atoms with Gasteiger partial charge in [0.15, 0.2) is 0 Å². The molecule has 0 saturated heterocycles. The van der Waals surface area contributed by atoms with Crippen molar-refractivity contribution in [1.29, 1.82) is 0 Å². The van der Waals surface area contributed by atoms with Gasteiger partial charge in [0.25, 0.3) is 0 Å². The summed E-state index contributed by atoms with van der Waals surface area (Å²) in [5, 5.41) is 2.71.